The van der Waals surface area contributed by atoms with Gasteiger partial charge >= 0.3 is 17.9 Å². The Bertz CT molecular complexity index is 575. The Morgan fingerprint density at radius 3 is 2.40 bits per heavy atom. The lowest BCUT2D eigenvalue weighted by molar-refractivity contribution is -0.145. The highest BCUT2D eigenvalue weighted by Gasteiger charge is 2.46. The van der Waals surface area contributed by atoms with Crippen LogP contribution in [0, 0.1) is 5.41 Å². The molecule has 1 aromatic carbocycles. The summed E-state index contributed by atoms with van der Waals surface area (Å²) in [4.78, 5) is 34.7. The molecule has 0 unspecified atom stereocenters. The Morgan fingerprint density at radius 1 is 1.30 bits per heavy atom. The number of benzene rings is 1. The number of rotatable bonds is 3. The molecule has 1 aliphatic rings. The first-order valence-electron chi connectivity index (χ1n) is 6.03. The van der Waals surface area contributed by atoms with E-state index in [4.69, 9.17) is 14.6 Å². The first-order chi connectivity index (χ1) is 9.33. The molecular formula is C14H14O6. The van der Waals surface area contributed by atoms with E-state index in [-0.39, 0.29) is 17.7 Å². The molecule has 20 heavy (non-hydrogen) atoms. The molecule has 1 N–H and O–H groups in total. The number of carboxylic acids is 1. The average Bonchev–Trinajstić information content (AvgIpc) is 2.65. The van der Waals surface area contributed by atoms with Crippen LogP contribution >= 0.6 is 0 Å². The van der Waals surface area contributed by atoms with Gasteiger partial charge in [-0.15, -0.1) is 0 Å². The fourth-order valence-electron chi connectivity index (χ4n) is 1.95. The summed E-state index contributed by atoms with van der Waals surface area (Å²) in [5.74, 6) is -2.69. The number of ether oxygens (including phenoxy) is 2. The predicted molar refractivity (Wildman–Crippen MR) is 67.3 cm³/mol. The molecule has 1 saturated heterocycles. The van der Waals surface area contributed by atoms with Gasteiger partial charge < -0.3 is 14.6 Å². The highest BCUT2D eigenvalue weighted by atomic mass is 16.6. The Kier molecular flexibility index (Phi) is 3.48. The van der Waals surface area contributed by atoms with Crippen molar-refractivity contribution in [3.05, 3.63) is 35.4 Å². The van der Waals surface area contributed by atoms with E-state index < -0.39 is 29.4 Å². The standard InChI is InChI=1S/C14H14O6/c1-14(2)7-19-13(18)10(14)20-12(17)9-6-4-3-5-8(9)11(15)16/h3-6,10H,7H2,1-2H3,(H,15,16)/t10-/m0/s1. The van der Waals surface area contributed by atoms with E-state index in [0.717, 1.165) is 0 Å². The second-order valence-electron chi connectivity index (χ2n) is 5.23. The zero-order chi connectivity index (χ0) is 14.9. The maximum Gasteiger partial charge on any atom is 0.348 e. The van der Waals surface area contributed by atoms with Crippen LogP contribution in [0.3, 0.4) is 0 Å². The SMILES string of the molecule is CC1(C)COC(=O)[C@@H]1OC(=O)c1ccccc1C(=O)O. The van der Waals surface area contributed by atoms with Crippen molar-refractivity contribution in [2.24, 2.45) is 5.41 Å². The molecule has 0 saturated carbocycles. The smallest absolute Gasteiger partial charge is 0.348 e. The zero-order valence-corrected chi connectivity index (χ0v) is 11.1. The molecule has 1 fully saturated rings. The zero-order valence-electron chi connectivity index (χ0n) is 11.1. The predicted octanol–water partition coefficient (Wildman–Crippen LogP) is 1.49. The van der Waals surface area contributed by atoms with E-state index in [0.29, 0.717) is 0 Å². The molecular weight excluding hydrogens is 264 g/mol. The topological polar surface area (TPSA) is 89.9 Å². The van der Waals surface area contributed by atoms with Crippen LogP contribution in [0.1, 0.15) is 34.6 Å². The van der Waals surface area contributed by atoms with Gasteiger partial charge in [-0.1, -0.05) is 26.0 Å². The lowest BCUT2D eigenvalue weighted by Crippen LogP contribution is -2.35. The van der Waals surface area contributed by atoms with Crippen LogP contribution in [0.2, 0.25) is 0 Å². The second kappa shape index (κ2) is 4.96. The Labute approximate surface area is 115 Å². The third-order valence-corrected chi connectivity index (χ3v) is 3.11. The lowest BCUT2D eigenvalue weighted by Gasteiger charge is -2.21. The molecule has 0 spiro atoms. The normalized spacial score (nSPS) is 20.3. The minimum atomic E-state index is -1.23. The van der Waals surface area contributed by atoms with E-state index in [1.165, 1.54) is 24.3 Å². The summed E-state index contributed by atoms with van der Waals surface area (Å²) in [6.07, 6.45) is -1.03. The van der Waals surface area contributed by atoms with Crippen molar-refractivity contribution in [3.63, 3.8) is 0 Å². The molecule has 0 bridgehead atoms. The molecule has 1 atom stereocenters. The van der Waals surface area contributed by atoms with Crippen LogP contribution in [-0.2, 0) is 14.3 Å². The molecule has 0 aliphatic carbocycles. The molecule has 1 aromatic rings. The molecule has 0 amide bonds. The largest absolute Gasteiger partial charge is 0.478 e. The van der Waals surface area contributed by atoms with Crippen LogP contribution in [-0.4, -0.2) is 35.7 Å². The van der Waals surface area contributed by atoms with Gasteiger partial charge in [0, 0.05) is 5.41 Å². The first kappa shape index (κ1) is 14.0. The minimum Gasteiger partial charge on any atom is -0.478 e. The van der Waals surface area contributed by atoms with Gasteiger partial charge in [0.25, 0.3) is 0 Å². The molecule has 1 heterocycles. The van der Waals surface area contributed by atoms with Gasteiger partial charge in [-0.2, -0.15) is 0 Å². The van der Waals surface area contributed by atoms with Crippen molar-refractivity contribution in [1.29, 1.82) is 0 Å². The number of hydrogen-bond donors (Lipinski definition) is 1. The third kappa shape index (κ3) is 2.49. The van der Waals surface area contributed by atoms with Crippen LogP contribution < -0.4 is 0 Å². The molecule has 1 aliphatic heterocycles. The highest BCUT2D eigenvalue weighted by molar-refractivity contribution is 6.03. The van der Waals surface area contributed by atoms with Crippen LogP contribution in [0.15, 0.2) is 24.3 Å². The van der Waals surface area contributed by atoms with E-state index in [1.807, 2.05) is 0 Å². The van der Waals surface area contributed by atoms with E-state index in [9.17, 15) is 14.4 Å². The van der Waals surface area contributed by atoms with Gasteiger partial charge in [-0.05, 0) is 12.1 Å². The molecule has 0 radical (unpaired) electrons. The van der Waals surface area contributed by atoms with Crippen molar-refractivity contribution in [2.45, 2.75) is 20.0 Å². The van der Waals surface area contributed by atoms with Crippen LogP contribution in [0.25, 0.3) is 0 Å². The number of hydrogen-bond acceptors (Lipinski definition) is 5. The maximum atomic E-state index is 12.1. The van der Waals surface area contributed by atoms with Gasteiger partial charge in [0.15, 0.2) is 0 Å². The van der Waals surface area contributed by atoms with E-state index >= 15 is 0 Å². The summed E-state index contributed by atoms with van der Waals surface area (Å²) in [6, 6.07) is 5.69. The summed E-state index contributed by atoms with van der Waals surface area (Å²) < 4.78 is 10.0. The van der Waals surface area contributed by atoms with Crippen molar-refractivity contribution in [2.75, 3.05) is 6.61 Å². The summed E-state index contributed by atoms with van der Waals surface area (Å²) in [6.45, 7) is 3.63. The van der Waals surface area contributed by atoms with Gasteiger partial charge in [-0.3, -0.25) is 0 Å². The highest BCUT2D eigenvalue weighted by Crippen LogP contribution is 2.31. The van der Waals surface area contributed by atoms with Crippen molar-refractivity contribution in [3.8, 4) is 0 Å². The summed E-state index contributed by atoms with van der Waals surface area (Å²) in [7, 11) is 0. The lowest BCUT2D eigenvalue weighted by atomic mass is 9.90. The van der Waals surface area contributed by atoms with Crippen LogP contribution in [0.5, 0.6) is 0 Å². The number of carboxylic acid groups (broad SMARTS) is 1. The number of esters is 2. The van der Waals surface area contributed by atoms with E-state index in [1.54, 1.807) is 13.8 Å². The van der Waals surface area contributed by atoms with Crippen molar-refractivity contribution < 1.29 is 29.0 Å². The Balaban J connectivity index is 2.25. The maximum absolute atomic E-state index is 12.1. The molecule has 6 nitrogen and oxygen atoms in total. The number of aromatic carboxylic acids is 1. The summed E-state index contributed by atoms with van der Waals surface area (Å²) in [5.41, 5.74) is -0.887. The van der Waals surface area contributed by atoms with Crippen LogP contribution in [0.4, 0.5) is 0 Å². The quantitative estimate of drug-likeness (QED) is 0.842. The number of carbonyl (C=O) groups excluding carboxylic acids is 2. The fraction of sp³-hybridized carbons (Fsp3) is 0.357. The van der Waals surface area contributed by atoms with E-state index in [2.05, 4.69) is 0 Å². The van der Waals surface area contributed by atoms with Gasteiger partial charge in [0.2, 0.25) is 6.10 Å². The van der Waals surface area contributed by atoms with Gasteiger partial charge in [-0.25, -0.2) is 14.4 Å². The van der Waals surface area contributed by atoms with Crippen molar-refractivity contribution in [1.82, 2.24) is 0 Å². The molecule has 0 aromatic heterocycles. The summed E-state index contributed by atoms with van der Waals surface area (Å²) in [5, 5.41) is 9.03. The third-order valence-electron chi connectivity index (χ3n) is 3.11. The summed E-state index contributed by atoms with van der Waals surface area (Å²) >= 11 is 0. The monoisotopic (exact) mass is 278 g/mol. The number of cyclic esters (lactones) is 1. The van der Waals surface area contributed by atoms with Gasteiger partial charge in [0.05, 0.1) is 11.1 Å². The molecule has 2 rings (SSSR count). The average molecular weight is 278 g/mol. The second-order valence-corrected chi connectivity index (χ2v) is 5.23. The Morgan fingerprint density at radius 2 is 1.90 bits per heavy atom. The fourth-order valence-corrected chi connectivity index (χ4v) is 1.95. The Hall–Kier alpha value is -2.37. The number of carbonyl (C=O) groups is 3. The molecule has 106 valence electrons. The first-order valence-corrected chi connectivity index (χ1v) is 6.03. The minimum absolute atomic E-state index is 0.0875. The van der Waals surface area contributed by atoms with Gasteiger partial charge in [0.1, 0.15) is 6.61 Å². The van der Waals surface area contributed by atoms with Crippen molar-refractivity contribution >= 4 is 17.9 Å². The molecule has 6 heteroatoms.